The Hall–Kier alpha value is -2.96. The summed E-state index contributed by atoms with van der Waals surface area (Å²) in [5.41, 5.74) is 0.392. The highest BCUT2D eigenvalue weighted by Gasteiger charge is 2.36. The maximum absolute atomic E-state index is 11.8. The zero-order valence-corrected chi connectivity index (χ0v) is 14.5. The van der Waals surface area contributed by atoms with Gasteiger partial charge in [0.1, 0.15) is 11.5 Å². The van der Waals surface area contributed by atoms with Gasteiger partial charge in [-0.3, -0.25) is 0 Å². The van der Waals surface area contributed by atoms with Crippen LogP contribution in [0.4, 0.5) is 0 Å². The molecule has 25 heavy (non-hydrogen) atoms. The van der Waals surface area contributed by atoms with Gasteiger partial charge in [0.05, 0.1) is 31.3 Å². The van der Waals surface area contributed by atoms with Crippen LogP contribution in [0, 0.1) is 0 Å². The fourth-order valence-electron chi connectivity index (χ4n) is 2.72. The molecule has 2 rings (SSSR count). The third-order valence-electron chi connectivity index (χ3n) is 4.04. The quantitative estimate of drug-likeness (QED) is 0.816. The van der Waals surface area contributed by atoms with E-state index in [2.05, 4.69) is 0 Å². The summed E-state index contributed by atoms with van der Waals surface area (Å²) in [6.07, 6.45) is 2.93. The van der Waals surface area contributed by atoms with Crippen LogP contribution in [0.3, 0.4) is 0 Å². The number of aliphatic carboxylic acids is 2. The lowest BCUT2D eigenvalue weighted by Gasteiger charge is -2.31. The van der Waals surface area contributed by atoms with Gasteiger partial charge in [0.15, 0.2) is 0 Å². The molecule has 0 radical (unpaired) electrons. The first-order chi connectivity index (χ1) is 11.8. The van der Waals surface area contributed by atoms with Crippen molar-refractivity contribution in [1.82, 2.24) is 4.90 Å². The smallest absolute Gasteiger partial charge is 0.334 e. The summed E-state index contributed by atoms with van der Waals surface area (Å²) in [6.45, 7) is 3.69. The van der Waals surface area contributed by atoms with Crippen molar-refractivity contribution in [2.45, 2.75) is 25.8 Å². The first-order valence-corrected chi connectivity index (χ1v) is 7.69. The number of hydrogen-bond donors (Lipinski definition) is 2. The monoisotopic (exact) mass is 347 g/mol. The molecule has 0 aromatic heterocycles. The standard InChI is InChI=1S/C18H21NO6/c1-10(2)19-8-13(17(20)21)16(14(9-19)18(22)23)12-6-5-11(24-3)7-15(12)25-4/h5-10,16H,1-4H3,(H,20,21)(H,22,23). The molecular weight excluding hydrogens is 326 g/mol. The number of ether oxygens (including phenoxy) is 2. The maximum atomic E-state index is 11.8. The third-order valence-corrected chi connectivity index (χ3v) is 4.04. The number of nitrogens with zero attached hydrogens (tertiary/aromatic N) is 1. The first-order valence-electron chi connectivity index (χ1n) is 7.69. The molecule has 0 unspecified atom stereocenters. The van der Waals surface area contributed by atoms with Crippen LogP contribution in [-0.4, -0.2) is 47.3 Å². The molecule has 0 amide bonds. The predicted molar refractivity (Wildman–Crippen MR) is 90.7 cm³/mol. The summed E-state index contributed by atoms with van der Waals surface area (Å²) in [5.74, 6) is -2.42. The number of methoxy groups -OCH3 is 2. The Morgan fingerprint density at radius 1 is 1.04 bits per heavy atom. The van der Waals surface area contributed by atoms with Crippen molar-refractivity contribution in [2.75, 3.05) is 14.2 Å². The molecule has 1 aromatic carbocycles. The van der Waals surface area contributed by atoms with Crippen molar-refractivity contribution in [1.29, 1.82) is 0 Å². The molecule has 1 heterocycles. The van der Waals surface area contributed by atoms with E-state index in [1.165, 1.54) is 26.6 Å². The van der Waals surface area contributed by atoms with E-state index in [0.29, 0.717) is 17.1 Å². The average molecular weight is 347 g/mol. The van der Waals surface area contributed by atoms with Gasteiger partial charge in [-0.25, -0.2) is 9.59 Å². The van der Waals surface area contributed by atoms with Gasteiger partial charge >= 0.3 is 11.9 Å². The van der Waals surface area contributed by atoms with E-state index in [-0.39, 0.29) is 17.2 Å². The van der Waals surface area contributed by atoms with Crippen LogP contribution >= 0.6 is 0 Å². The summed E-state index contributed by atoms with van der Waals surface area (Å²) in [4.78, 5) is 25.2. The van der Waals surface area contributed by atoms with Crippen LogP contribution in [0.15, 0.2) is 41.7 Å². The van der Waals surface area contributed by atoms with E-state index in [9.17, 15) is 19.8 Å². The van der Waals surface area contributed by atoms with E-state index in [4.69, 9.17) is 9.47 Å². The highest BCUT2D eigenvalue weighted by atomic mass is 16.5. The molecule has 0 atom stereocenters. The Morgan fingerprint density at radius 3 is 2.00 bits per heavy atom. The molecular formula is C18H21NO6. The summed E-state index contributed by atoms with van der Waals surface area (Å²) in [6, 6.07) is 4.79. The molecule has 134 valence electrons. The van der Waals surface area contributed by atoms with Gasteiger partial charge in [0.2, 0.25) is 0 Å². The largest absolute Gasteiger partial charge is 0.497 e. The Bertz CT molecular complexity index is 718. The van der Waals surface area contributed by atoms with Gasteiger partial charge in [0.25, 0.3) is 0 Å². The maximum Gasteiger partial charge on any atom is 0.334 e. The first kappa shape index (κ1) is 18.4. The molecule has 0 fully saturated rings. The van der Waals surface area contributed by atoms with E-state index < -0.39 is 17.9 Å². The van der Waals surface area contributed by atoms with Crippen LogP contribution in [0.25, 0.3) is 0 Å². The summed E-state index contributed by atoms with van der Waals surface area (Å²) in [5, 5.41) is 19.3. The van der Waals surface area contributed by atoms with Crippen LogP contribution in [-0.2, 0) is 9.59 Å². The van der Waals surface area contributed by atoms with Gasteiger partial charge in [-0.15, -0.1) is 0 Å². The molecule has 7 heteroatoms. The minimum Gasteiger partial charge on any atom is -0.497 e. The molecule has 1 aliphatic heterocycles. The highest BCUT2D eigenvalue weighted by Crippen LogP contribution is 2.41. The van der Waals surface area contributed by atoms with E-state index in [1.807, 2.05) is 13.8 Å². The van der Waals surface area contributed by atoms with Crippen molar-refractivity contribution in [2.24, 2.45) is 0 Å². The fraction of sp³-hybridized carbons (Fsp3) is 0.333. The summed E-state index contributed by atoms with van der Waals surface area (Å²) < 4.78 is 10.5. The number of hydrogen-bond acceptors (Lipinski definition) is 5. The van der Waals surface area contributed by atoms with Crippen molar-refractivity contribution in [3.63, 3.8) is 0 Å². The number of carbonyl (C=O) groups is 2. The summed E-state index contributed by atoms with van der Waals surface area (Å²) in [7, 11) is 2.94. The number of rotatable bonds is 6. The SMILES string of the molecule is COc1ccc(C2C(C(=O)O)=CN(C(C)C)C=C2C(=O)O)c(OC)c1. The van der Waals surface area contributed by atoms with Crippen molar-refractivity contribution in [3.8, 4) is 11.5 Å². The lowest BCUT2D eigenvalue weighted by molar-refractivity contribution is -0.133. The lowest BCUT2D eigenvalue weighted by Crippen LogP contribution is -2.31. The van der Waals surface area contributed by atoms with E-state index >= 15 is 0 Å². The fourth-order valence-corrected chi connectivity index (χ4v) is 2.72. The molecule has 0 spiro atoms. The van der Waals surface area contributed by atoms with Crippen LogP contribution < -0.4 is 9.47 Å². The number of benzene rings is 1. The molecule has 0 saturated carbocycles. The second kappa shape index (κ2) is 7.29. The van der Waals surface area contributed by atoms with Gasteiger partial charge in [-0.05, 0) is 19.9 Å². The Labute approximate surface area is 145 Å². The minimum absolute atomic E-state index is 0.0305. The second-order valence-electron chi connectivity index (χ2n) is 5.86. The van der Waals surface area contributed by atoms with Crippen LogP contribution in [0.1, 0.15) is 25.3 Å². The zero-order valence-electron chi connectivity index (χ0n) is 14.5. The normalized spacial score (nSPS) is 14.8. The van der Waals surface area contributed by atoms with Gasteiger partial charge in [0, 0.05) is 30.1 Å². The topological polar surface area (TPSA) is 96.3 Å². The predicted octanol–water partition coefficient (Wildman–Crippen LogP) is 2.45. The lowest BCUT2D eigenvalue weighted by atomic mass is 9.82. The molecule has 1 aromatic rings. The molecule has 0 saturated heterocycles. The van der Waals surface area contributed by atoms with Crippen molar-refractivity contribution >= 4 is 11.9 Å². The third kappa shape index (κ3) is 3.60. The van der Waals surface area contributed by atoms with Crippen LogP contribution in [0.5, 0.6) is 11.5 Å². The van der Waals surface area contributed by atoms with E-state index in [1.54, 1.807) is 23.1 Å². The van der Waals surface area contributed by atoms with Crippen molar-refractivity contribution < 1.29 is 29.3 Å². The molecule has 0 bridgehead atoms. The minimum atomic E-state index is -1.18. The van der Waals surface area contributed by atoms with Gasteiger partial charge in [-0.2, -0.15) is 0 Å². The Balaban J connectivity index is 2.67. The van der Waals surface area contributed by atoms with Crippen molar-refractivity contribution in [3.05, 3.63) is 47.3 Å². The summed E-state index contributed by atoms with van der Waals surface area (Å²) >= 11 is 0. The highest BCUT2D eigenvalue weighted by molar-refractivity contribution is 5.97. The van der Waals surface area contributed by atoms with E-state index in [0.717, 1.165) is 0 Å². The molecule has 1 aliphatic rings. The second-order valence-corrected chi connectivity index (χ2v) is 5.86. The van der Waals surface area contributed by atoms with Crippen LogP contribution in [0.2, 0.25) is 0 Å². The van der Waals surface area contributed by atoms with Gasteiger partial charge < -0.3 is 24.6 Å². The number of carboxylic acid groups (broad SMARTS) is 2. The zero-order chi connectivity index (χ0) is 18.7. The Kier molecular flexibility index (Phi) is 5.36. The molecule has 7 nitrogen and oxygen atoms in total. The molecule has 2 N–H and O–H groups in total. The molecule has 0 aliphatic carbocycles. The average Bonchev–Trinajstić information content (AvgIpc) is 2.59. The van der Waals surface area contributed by atoms with Gasteiger partial charge in [-0.1, -0.05) is 6.07 Å². The number of carboxylic acids is 2. The Morgan fingerprint density at radius 2 is 1.60 bits per heavy atom.